The lowest BCUT2D eigenvalue weighted by molar-refractivity contribution is -0.168. The van der Waals surface area contributed by atoms with Gasteiger partial charge in [0.05, 0.1) is 6.61 Å². The lowest BCUT2D eigenvalue weighted by atomic mass is 9.86. The Bertz CT molecular complexity index is 663. The van der Waals surface area contributed by atoms with E-state index in [0.717, 1.165) is 37.2 Å². The van der Waals surface area contributed by atoms with Crippen LogP contribution in [0.1, 0.15) is 37.3 Å². The molecule has 1 aliphatic rings. The van der Waals surface area contributed by atoms with E-state index < -0.39 is 5.60 Å². The Labute approximate surface area is 174 Å². The van der Waals surface area contributed by atoms with E-state index in [-0.39, 0.29) is 18.4 Å². The van der Waals surface area contributed by atoms with E-state index in [2.05, 4.69) is 4.90 Å². The van der Waals surface area contributed by atoms with Crippen LogP contribution in [0.3, 0.4) is 0 Å². The van der Waals surface area contributed by atoms with Crippen LogP contribution in [0.2, 0.25) is 0 Å². The highest BCUT2D eigenvalue weighted by Crippen LogP contribution is 2.35. The topological polar surface area (TPSA) is 38.8 Å². The molecule has 28 heavy (non-hydrogen) atoms. The number of halogens is 1. The second kappa shape index (κ2) is 11.2. The summed E-state index contributed by atoms with van der Waals surface area (Å²) in [4.78, 5) is 15.7. The third-order valence-corrected chi connectivity index (χ3v) is 5.06. The van der Waals surface area contributed by atoms with Gasteiger partial charge < -0.3 is 26.8 Å². The molecule has 2 aromatic carbocycles. The van der Waals surface area contributed by atoms with Crippen molar-refractivity contribution in [1.29, 1.82) is 0 Å². The van der Waals surface area contributed by atoms with E-state index >= 15 is 0 Å². The third kappa shape index (κ3) is 5.13. The van der Waals surface area contributed by atoms with Crippen molar-refractivity contribution in [2.75, 3.05) is 32.8 Å². The lowest BCUT2D eigenvalue weighted by Crippen LogP contribution is -3.00. The van der Waals surface area contributed by atoms with Crippen molar-refractivity contribution in [3.8, 4) is 0 Å². The molecule has 3 rings (SSSR count). The standard InChI is InChI=1S/C23H29NO3.ClH/c1-2-27-23(20-12-5-3-6-13-20,21-14-7-4-8-15-21)22(25)26-19-11-18-24-16-9-10-17-24;/h3-8,12-15H,2,9-11,16-19H2,1H3;1H/p-1. The van der Waals surface area contributed by atoms with Crippen molar-refractivity contribution in [1.82, 2.24) is 4.90 Å². The molecule has 4 nitrogen and oxygen atoms in total. The number of hydrogen-bond donors (Lipinski definition) is 0. The highest BCUT2D eigenvalue weighted by molar-refractivity contribution is 5.85. The van der Waals surface area contributed by atoms with Gasteiger partial charge in [0, 0.05) is 13.2 Å². The number of ether oxygens (including phenoxy) is 2. The first-order chi connectivity index (χ1) is 13.3. The maximum absolute atomic E-state index is 13.3. The molecule has 0 aromatic heterocycles. The number of carbonyl (C=O) groups excluding carboxylic acids is 1. The van der Waals surface area contributed by atoms with Gasteiger partial charge in [0.2, 0.25) is 5.60 Å². The summed E-state index contributed by atoms with van der Waals surface area (Å²) in [5.74, 6) is -0.344. The Morgan fingerprint density at radius 2 is 1.50 bits per heavy atom. The van der Waals surface area contributed by atoms with Gasteiger partial charge in [-0.05, 0) is 50.4 Å². The monoisotopic (exact) mass is 402 g/mol. The zero-order valence-corrected chi connectivity index (χ0v) is 17.2. The third-order valence-electron chi connectivity index (χ3n) is 5.06. The summed E-state index contributed by atoms with van der Waals surface area (Å²) in [6, 6.07) is 19.3. The Balaban J connectivity index is 0.00000280. The van der Waals surface area contributed by atoms with E-state index in [9.17, 15) is 4.79 Å². The molecule has 0 radical (unpaired) electrons. The van der Waals surface area contributed by atoms with Gasteiger partial charge in [-0.3, -0.25) is 0 Å². The van der Waals surface area contributed by atoms with Crippen LogP contribution in [0, 0.1) is 0 Å². The summed E-state index contributed by atoms with van der Waals surface area (Å²) in [6.45, 7) is 6.01. The molecule has 0 aliphatic carbocycles. The zero-order chi connectivity index (χ0) is 19.0. The first kappa shape index (κ1) is 22.4. The summed E-state index contributed by atoms with van der Waals surface area (Å²) in [7, 11) is 0. The molecule has 1 saturated heterocycles. The fourth-order valence-electron chi connectivity index (χ4n) is 3.75. The van der Waals surface area contributed by atoms with Crippen LogP contribution in [0.4, 0.5) is 0 Å². The summed E-state index contributed by atoms with van der Waals surface area (Å²) in [5, 5.41) is 0. The minimum absolute atomic E-state index is 0. The molecular weight excluding hydrogens is 374 g/mol. The molecule has 1 fully saturated rings. The van der Waals surface area contributed by atoms with E-state index in [4.69, 9.17) is 9.47 Å². The Hall–Kier alpha value is -1.88. The van der Waals surface area contributed by atoms with Crippen molar-refractivity contribution in [2.24, 2.45) is 0 Å². The minimum Gasteiger partial charge on any atom is -1.00 e. The smallest absolute Gasteiger partial charge is 0.347 e. The molecule has 0 saturated carbocycles. The highest BCUT2D eigenvalue weighted by Gasteiger charge is 2.44. The van der Waals surface area contributed by atoms with Gasteiger partial charge in [0.15, 0.2) is 0 Å². The predicted octanol–water partition coefficient (Wildman–Crippen LogP) is 1.000. The number of benzene rings is 2. The van der Waals surface area contributed by atoms with Gasteiger partial charge in [-0.1, -0.05) is 60.7 Å². The average Bonchev–Trinajstić information content (AvgIpc) is 3.24. The molecule has 0 bridgehead atoms. The van der Waals surface area contributed by atoms with Crippen LogP contribution in [0.5, 0.6) is 0 Å². The van der Waals surface area contributed by atoms with Crippen LogP contribution < -0.4 is 12.4 Å². The molecule has 0 spiro atoms. The molecule has 2 aromatic rings. The molecule has 152 valence electrons. The summed E-state index contributed by atoms with van der Waals surface area (Å²) >= 11 is 0. The number of carbonyl (C=O) groups is 1. The first-order valence-corrected chi connectivity index (χ1v) is 9.92. The van der Waals surface area contributed by atoms with E-state index in [1.165, 1.54) is 12.8 Å². The number of esters is 1. The largest absolute Gasteiger partial charge is 1.00 e. The van der Waals surface area contributed by atoms with Crippen LogP contribution in [0.25, 0.3) is 0 Å². The van der Waals surface area contributed by atoms with Gasteiger partial charge in [-0.2, -0.15) is 0 Å². The van der Waals surface area contributed by atoms with Crippen LogP contribution in [0.15, 0.2) is 60.7 Å². The van der Waals surface area contributed by atoms with Crippen molar-refractivity contribution in [2.45, 2.75) is 31.8 Å². The molecule has 0 unspecified atom stereocenters. The van der Waals surface area contributed by atoms with Gasteiger partial charge in [-0.25, -0.2) is 4.79 Å². The summed E-state index contributed by atoms with van der Waals surface area (Å²) < 4.78 is 11.8. The van der Waals surface area contributed by atoms with Gasteiger partial charge >= 0.3 is 5.97 Å². The molecule has 1 aliphatic heterocycles. The molecule has 0 N–H and O–H groups in total. The number of rotatable bonds is 9. The molecule has 5 heteroatoms. The van der Waals surface area contributed by atoms with E-state index in [1.54, 1.807) is 0 Å². The number of hydrogen-bond acceptors (Lipinski definition) is 4. The number of nitrogens with zero attached hydrogens (tertiary/aromatic N) is 1. The minimum atomic E-state index is -1.23. The van der Waals surface area contributed by atoms with Crippen molar-refractivity contribution in [3.05, 3.63) is 71.8 Å². The van der Waals surface area contributed by atoms with Gasteiger partial charge in [0.1, 0.15) is 0 Å². The SMILES string of the molecule is CCOC(C(=O)OCCCN1CCCC1)(c1ccccc1)c1ccccc1.[Cl-]. The second-order valence-corrected chi connectivity index (χ2v) is 6.88. The van der Waals surface area contributed by atoms with Crippen LogP contribution in [-0.4, -0.2) is 43.7 Å². The Morgan fingerprint density at radius 1 is 0.964 bits per heavy atom. The molecule has 1 heterocycles. The molecular formula is C23H29ClNO3-. The Morgan fingerprint density at radius 3 is 2.00 bits per heavy atom. The van der Waals surface area contributed by atoms with Crippen molar-refractivity contribution >= 4 is 5.97 Å². The summed E-state index contributed by atoms with van der Waals surface area (Å²) in [5.41, 5.74) is 0.357. The number of likely N-dealkylation sites (tertiary alicyclic amines) is 1. The normalized spacial score (nSPS) is 14.5. The maximum atomic E-state index is 13.3. The van der Waals surface area contributed by atoms with E-state index in [1.807, 2.05) is 67.6 Å². The van der Waals surface area contributed by atoms with Crippen LogP contribution >= 0.6 is 0 Å². The fraction of sp³-hybridized carbons (Fsp3) is 0.435. The van der Waals surface area contributed by atoms with Crippen LogP contribution in [-0.2, 0) is 19.9 Å². The van der Waals surface area contributed by atoms with Gasteiger partial charge in [-0.15, -0.1) is 0 Å². The zero-order valence-electron chi connectivity index (χ0n) is 16.5. The molecule has 0 amide bonds. The Kier molecular flexibility index (Phi) is 8.97. The molecule has 0 atom stereocenters. The highest BCUT2D eigenvalue weighted by atomic mass is 35.5. The van der Waals surface area contributed by atoms with Gasteiger partial charge in [0.25, 0.3) is 0 Å². The quantitative estimate of drug-likeness (QED) is 0.463. The van der Waals surface area contributed by atoms with Crippen molar-refractivity contribution in [3.63, 3.8) is 0 Å². The van der Waals surface area contributed by atoms with E-state index in [0.29, 0.717) is 13.2 Å². The fourth-order valence-corrected chi connectivity index (χ4v) is 3.75. The predicted molar refractivity (Wildman–Crippen MR) is 107 cm³/mol. The maximum Gasteiger partial charge on any atom is 0.347 e. The average molecular weight is 403 g/mol. The second-order valence-electron chi connectivity index (χ2n) is 6.88. The summed E-state index contributed by atoms with van der Waals surface area (Å²) in [6.07, 6.45) is 3.39. The first-order valence-electron chi connectivity index (χ1n) is 9.92. The lowest BCUT2D eigenvalue weighted by Gasteiger charge is -2.32. The van der Waals surface area contributed by atoms with Crippen molar-refractivity contribution < 1.29 is 26.7 Å².